The zero-order valence-electron chi connectivity index (χ0n) is 11.2. The van der Waals surface area contributed by atoms with Crippen molar-refractivity contribution in [1.29, 1.82) is 0 Å². The lowest BCUT2D eigenvalue weighted by Gasteiger charge is -2.19. The van der Waals surface area contributed by atoms with Crippen molar-refractivity contribution in [3.05, 3.63) is 11.1 Å². The van der Waals surface area contributed by atoms with Gasteiger partial charge in [0.05, 0.1) is 0 Å². The predicted molar refractivity (Wildman–Crippen MR) is 67.4 cm³/mol. The monoisotopic (exact) mass is 224 g/mol. The summed E-state index contributed by atoms with van der Waals surface area (Å²) in [6.45, 7) is 9.95. The fourth-order valence-corrected chi connectivity index (χ4v) is 1.59. The SMILES string of the molecule is CC1=C(C)C(C)CCC1=O.CCC(=O)CC. The molecule has 16 heavy (non-hydrogen) atoms. The number of hydrogen-bond acceptors (Lipinski definition) is 2. The highest BCUT2D eigenvalue weighted by atomic mass is 16.1. The van der Waals surface area contributed by atoms with Gasteiger partial charge >= 0.3 is 0 Å². The van der Waals surface area contributed by atoms with Crippen LogP contribution in [0.3, 0.4) is 0 Å². The van der Waals surface area contributed by atoms with Crippen molar-refractivity contribution in [2.45, 2.75) is 60.3 Å². The van der Waals surface area contributed by atoms with E-state index < -0.39 is 0 Å². The van der Waals surface area contributed by atoms with Crippen molar-refractivity contribution in [3.63, 3.8) is 0 Å². The Hall–Kier alpha value is -0.920. The minimum Gasteiger partial charge on any atom is -0.300 e. The molecule has 0 aromatic rings. The zero-order chi connectivity index (χ0) is 12.7. The molecule has 0 saturated carbocycles. The van der Waals surface area contributed by atoms with Crippen LogP contribution < -0.4 is 0 Å². The summed E-state index contributed by atoms with van der Waals surface area (Å²) in [5, 5.41) is 0. The highest BCUT2D eigenvalue weighted by Crippen LogP contribution is 2.26. The minimum atomic E-state index is 0.343. The van der Waals surface area contributed by atoms with Crippen molar-refractivity contribution in [3.8, 4) is 0 Å². The molecule has 0 aromatic carbocycles. The molecule has 1 rings (SSSR count). The summed E-state index contributed by atoms with van der Waals surface area (Å²) >= 11 is 0. The van der Waals surface area contributed by atoms with Crippen LogP contribution in [0.4, 0.5) is 0 Å². The Labute approximate surface area is 99.1 Å². The van der Waals surface area contributed by atoms with Gasteiger partial charge in [-0.25, -0.2) is 0 Å². The molecule has 1 atom stereocenters. The van der Waals surface area contributed by atoms with Crippen molar-refractivity contribution in [2.24, 2.45) is 5.92 Å². The second-order valence-corrected chi connectivity index (χ2v) is 4.42. The topological polar surface area (TPSA) is 34.1 Å². The van der Waals surface area contributed by atoms with E-state index in [1.165, 1.54) is 5.57 Å². The first-order chi connectivity index (χ1) is 7.43. The summed E-state index contributed by atoms with van der Waals surface area (Å²) in [5.74, 6) is 1.31. The third-order valence-electron chi connectivity index (χ3n) is 3.34. The van der Waals surface area contributed by atoms with Crippen LogP contribution in [0.25, 0.3) is 0 Å². The second kappa shape index (κ2) is 7.37. The Bertz CT molecular complexity index is 281. The number of carbonyl (C=O) groups is 2. The Kier molecular flexibility index (Phi) is 6.95. The van der Waals surface area contributed by atoms with Crippen molar-refractivity contribution in [2.75, 3.05) is 0 Å². The fourth-order valence-electron chi connectivity index (χ4n) is 1.59. The molecule has 1 unspecified atom stereocenters. The Morgan fingerprint density at radius 1 is 1.25 bits per heavy atom. The van der Waals surface area contributed by atoms with Crippen LogP contribution in [-0.2, 0) is 9.59 Å². The van der Waals surface area contributed by atoms with Crippen LogP contribution in [0.5, 0.6) is 0 Å². The largest absolute Gasteiger partial charge is 0.300 e. The smallest absolute Gasteiger partial charge is 0.158 e. The lowest BCUT2D eigenvalue weighted by Crippen LogP contribution is -2.14. The molecular weight excluding hydrogens is 200 g/mol. The number of allylic oxidation sites excluding steroid dienone is 2. The number of hydrogen-bond donors (Lipinski definition) is 0. The molecule has 0 bridgehead atoms. The number of ketones is 2. The van der Waals surface area contributed by atoms with Gasteiger partial charge < -0.3 is 0 Å². The maximum atomic E-state index is 11.1. The normalized spacial score (nSPS) is 20.3. The van der Waals surface area contributed by atoms with Gasteiger partial charge in [0.1, 0.15) is 5.78 Å². The number of carbonyl (C=O) groups excluding carboxylic acids is 2. The molecule has 0 spiro atoms. The van der Waals surface area contributed by atoms with Gasteiger partial charge in [0.25, 0.3) is 0 Å². The van der Waals surface area contributed by atoms with Crippen LogP contribution in [0.1, 0.15) is 60.3 Å². The van der Waals surface area contributed by atoms with Crippen molar-refractivity contribution < 1.29 is 9.59 Å². The standard InChI is InChI=1S/C9H14O.C5H10O/c1-6-4-5-9(10)8(3)7(6)2;1-3-5(6)4-2/h6H,4-5H2,1-3H3;3-4H2,1-2H3. The van der Waals surface area contributed by atoms with E-state index in [2.05, 4.69) is 13.8 Å². The predicted octanol–water partition coefficient (Wildman–Crippen LogP) is 3.70. The third-order valence-corrected chi connectivity index (χ3v) is 3.34. The Balaban J connectivity index is 0.000000325. The molecular formula is C14H24O2. The first-order valence-corrected chi connectivity index (χ1v) is 6.16. The molecule has 1 aliphatic rings. The van der Waals surface area contributed by atoms with Gasteiger partial charge in [0.2, 0.25) is 0 Å². The van der Waals surface area contributed by atoms with E-state index in [4.69, 9.17) is 0 Å². The van der Waals surface area contributed by atoms with Gasteiger partial charge in [-0.05, 0) is 31.8 Å². The van der Waals surface area contributed by atoms with Gasteiger partial charge in [0.15, 0.2) is 5.78 Å². The molecule has 1 aliphatic carbocycles. The average Bonchev–Trinajstić information content (AvgIpc) is 2.31. The van der Waals surface area contributed by atoms with Gasteiger partial charge in [-0.3, -0.25) is 9.59 Å². The molecule has 0 aromatic heterocycles. The molecule has 92 valence electrons. The summed E-state index contributed by atoms with van der Waals surface area (Å²) < 4.78 is 0. The van der Waals surface area contributed by atoms with E-state index >= 15 is 0 Å². The lowest BCUT2D eigenvalue weighted by molar-refractivity contribution is -0.118. The van der Waals surface area contributed by atoms with Crippen LogP contribution in [0.2, 0.25) is 0 Å². The highest BCUT2D eigenvalue weighted by molar-refractivity contribution is 5.96. The summed E-state index contributed by atoms with van der Waals surface area (Å²) in [5.41, 5.74) is 2.29. The van der Waals surface area contributed by atoms with E-state index in [-0.39, 0.29) is 0 Å². The summed E-state index contributed by atoms with van der Waals surface area (Å²) in [6.07, 6.45) is 3.18. The van der Waals surface area contributed by atoms with Crippen molar-refractivity contribution in [1.82, 2.24) is 0 Å². The molecule has 0 radical (unpaired) electrons. The molecule has 2 heteroatoms. The summed E-state index contributed by atoms with van der Waals surface area (Å²) in [6, 6.07) is 0. The first-order valence-electron chi connectivity index (χ1n) is 6.16. The Morgan fingerprint density at radius 2 is 1.75 bits per heavy atom. The summed E-state index contributed by atoms with van der Waals surface area (Å²) in [4.78, 5) is 21.3. The summed E-state index contributed by atoms with van der Waals surface area (Å²) in [7, 11) is 0. The lowest BCUT2D eigenvalue weighted by atomic mass is 9.85. The molecule has 0 fully saturated rings. The Morgan fingerprint density at radius 3 is 2.06 bits per heavy atom. The minimum absolute atomic E-state index is 0.343. The fraction of sp³-hybridized carbons (Fsp3) is 0.714. The van der Waals surface area contributed by atoms with Gasteiger partial charge in [-0.1, -0.05) is 26.3 Å². The van der Waals surface area contributed by atoms with E-state index in [9.17, 15) is 9.59 Å². The van der Waals surface area contributed by atoms with Crippen LogP contribution in [-0.4, -0.2) is 11.6 Å². The molecule has 0 N–H and O–H groups in total. The third kappa shape index (κ3) is 4.73. The average molecular weight is 224 g/mol. The van der Waals surface area contributed by atoms with Gasteiger partial charge in [-0.2, -0.15) is 0 Å². The van der Waals surface area contributed by atoms with E-state index in [0.717, 1.165) is 18.4 Å². The molecule has 0 saturated heterocycles. The van der Waals surface area contributed by atoms with E-state index in [1.807, 2.05) is 20.8 Å². The highest BCUT2D eigenvalue weighted by Gasteiger charge is 2.18. The number of Topliss-reactive ketones (excluding diaryl/α,β-unsaturated/α-hetero) is 2. The quantitative estimate of drug-likeness (QED) is 0.716. The van der Waals surface area contributed by atoms with E-state index in [1.54, 1.807) is 0 Å². The maximum absolute atomic E-state index is 11.1. The molecule has 2 nitrogen and oxygen atoms in total. The molecule has 0 aliphatic heterocycles. The maximum Gasteiger partial charge on any atom is 0.158 e. The van der Waals surface area contributed by atoms with Crippen LogP contribution in [0, 0.1) is 5.92 Å². The van der Waals surface area contributed by atoms with E-state index in [0.29, 0.717) is 30.3 Å². The second-order valence-electron chi connectivity index (χ2n) is 4.42. The first kappa shape index (κ1) is 15.1. The molecule has 0 heterocycles. The van der Waals surface area contributed by atoms with Gasteiger partial charge in [0, 0.05) is 19.3 Å². The van der Waals surface area contributed by atoms with Crippen LogP contribution in [0.15, 0.2) is 11.1 Å². The molecule has 0 amide bonds. The van der Waals surface area contributed by atoms with Crippen LogP contribution >= 0.6 is 0 Å². The zero-order valence-corrected chi connectivity index (χ0v) is 11.2. The number of rotatable bonds is 2. The van der Waals surface area contributed by atoms with Gasteiger partial charge in [-0.15, -0.1) is 0 Å². The van der Waals surface area contributed by atoms with Crippen molar-refractivity contribution >= 4 is 11.6 Å².